The number of rotatable bonds is 9. The molecule has 2 fully saturated rings. The highest BCUT2D eigenvalue weighted by atomic mass is 31.2. The molecule has 4 rings (SSSR count). The molecule has 1 unspecified atom stereocenters. The Labute approximate surface area is 181 Å². The Kier molecular flexibility index (Phi) is 6.90. The van der Waals surface area contributed by atoms with Crippen LogP contribution in [0.25, 0.3) is 11.2 Å². The molecule has 5 atom stereocenters. The topological polar surface area (TPSA) is 132 Å². The van der Waals surface area contributed by atoms with Crippen molar-refractivity contribution in [3.63, 3.8) is 0 Å². The van der Waals surface area contributed by atoms with Crippen molar-refractivity contribution in [2.24, 2.45) is 0 Å². The molecule has 2 aromatic rings. The van der Waals surface area contributed by atoms with Gasteiger partial charge in [-0.15, -0.1) is 0 Å². The first-order chi connectivity index (χ1) is 14.9. The van der Waals surface area contributed by atoms with Crippen LogP contribution in [0.4, 0.5) is 5.82 Å². The predicted octanol–water partition coefficient (Wildman–Crippen LogP) is 2.40. The SMILES string of the molecule is CCCCCN(CCCC)c1ncnc2c1ncn2[C@@H]1O[C@@H]2COP(=O)(O)O[C@H]2[C@H]1O. The number of ether oxygens (including phenoxy) is 1. The number of hydrogen-bond acceptors (Lipinski definition) is 9. The third kappa shape index (κ3) is 4.62. The Bertz CT molecular complexity index is 942. The van der Waals surface area contributed by atoms with Crippen LogP contribution < -0.4 is 4.90 Å². The van der Waals surface area contributed by atoms with Crippen LogP contribution in [0, 0.1) is 0 Å². The molecule has 0 bridgehead atoms. The largest absolute Gasteiger partial charge is 0.472 e. The molecule has 2 aliphatic rings. The molecule has 2 N–H and O–H groups in total. The van der Waals surface area contributed by atoms with Crippen molar-refractivity contribution in [1.82, 2.24) is 19.5 Å². The molecule has 0 aliphatic carbocycles. The second-order valence-electron chi connectivity index (χ2n) is 7.96. The van der Waals surface area contributed by atoms with E-state index in [2.05, 4.69) is 33.7 Å². The van der Waals surface area contributed by atoms with E-state index < -0.39 is 32.4 Å². The molecule has 12 heteroatoms. The van der Waals surface area contributed by atoms with E-state index in [1.807, 2.05) is 0 Å². The molecule has 31 heavy (non-hydrogen) atoms. The summed E-state index contributed by atoms with van der Waals surface area (Å²) in [5.41, 5.74) is 1.16. The van der Waals surface area contributed by atoms with E-state index in [9.17, 15) is 14.6 Å². The highest BCUT2D eigenvalue weighted by molar-refractivity contribution is 7.47. The normalized spacial score (nSPS) is 30.6. The second-order valence-corrected chi connectivity index (χ2v) is 9.37. The Morgan fingerprint density at radius 2 is 1.97 bits per heavy atom. The van der Waals surface area contributed by atoms with E-state index >= 15 is 0 Å². The van der Waals surface area contributed by atoms with Crippen molar-refractivity contribution in [2.75, 3.05) is 24.6 Å². The van der Waals surface area contributed by atoms with Crippen LogP contribution in [0.3, 0.4) is 0 Å². The van der Waals surface area contributed by atoms with Crippen molar-refractivity contribution in [1.29, 1.82) is 0 Å². The lowest BCUT2D eigenvalue weighted by Gasteiger charge is -2.27. The lowest BCUT2D eigenvalue weighted by atomic mass is 10.1. The zero-order chi connectivity index (χ0) is 22.0. The standard InChI is InChI=1S/C19H30N5O6P/c1-3-5-7-9-23(8-6-4-2)17-14-18(21-11-20-17)24(12-22-14)19-15(25)16-13(29-19)10-28-31(26,27)30-16/h11-13,15-16,19,25H,3-10H2,1-2H3,(H,26,27)/t13-,15-,16-,19-/m1/s1. The summed E-state index contributed by atoms with van der Waals surface area (Å²) >= 11 is 0. The van der Waals surface area contributed by atoms with Gasteiger partial charge >= 0.3 is 7.82 Å². The van der Waals surface area contributed by atoms with E-state index in [-0.39, 0.29) is 6.61 Å². The lowest BCUT2D eigenvalue weighted by Crippen LogP contribution is -2.39. The molecular formula is C19H30N5O6P. The van der Waals surface area contributed by atoms with Crippen LogP contribution in [0.2, 0.25) is 0 Å². The Morgan fingerprint density at radius 3 is 2.74 bits per heavy atom. The number of fused-ring (bicyclic) bond motifs is 2. The molecule has 172 valence electrons. The number of hydrogen-bond donors (Lipinski definition) is 2. The molecule has 0 radical (unpaired) electrons. The summed E-state index contributed by atoms with van der Waals surface area (Å²) in [6.45, 7) is 5.96. The van der Waals surface area contributed by atoms with Gasteiger partial charge in [-0.3, -0.25) is 13.6 Å². The quantitative estimate of drug-likeness (QED) is 0.429. The molecule has 11 nitrogen and oxygen atoms in total. The Hall–Kier alpha value is -1.62. The molecule has 0 saturated carbocycles. The van der Waals surface area contributed by atoms with Gasteiger partial charge in [0.25, 0.3) is 0 Å². The molecular weight excluding hydrogens is 425 g/mol. The van der Waals surface area contributed by atoms with Crippen molar-refractivity contribution < 1.29 is 28.3 Å². The number of imidazole rings is 1. The zero-order valence-electron chi connectivity index (χ0n) is 17.8. The van der Waals surface area contributed by atoms with Crippen molar-refractivity contribution in [3.8, 4) is 0 Å². The summed E-state index contributed by atoms with van der Waals surface area (Å²) in [5.74, 6) is 0.762. The lowest BCUT2D eigenvalue weighted by molar-refractivity contribution is -0.0664. The summed E-state index contributed by atoms with van der Waals surface area (Å²) in [5, 5.41) is 10.7. The van der Waals surface area contributed by atoms with Gasteiger partial charge in [-0.2, -0.15) is 0 Å². The molecule has 2 aromatic heterocycles. The number of aliphatic hydroxyl groups excluding tert-OH is 1. The zero-order valence-corrected chi connectivity index (χ0v) is 18.7. The number of phosphoric ester groups is 1. The first-order valence-corrected chi connectivity index (χ1v) is 12.4. The molecule has 0 amide bonds. The van der Waals surface area contributed by atoms with Crippen molar-refractivity contribution in [2.45, 2.75) is 70.5 Å². The van der Waals surface area contributed by atoms with E-state index in [1.165, 1.54) is 6.33 Å². The van der Waals surface area contributed by atoms with Gasteiger partial charge in [0, 0.05) is 13.1 Å². The van der Waals surface area contributed by atoms with Crippen LogP contribution >= 0.6 is 7.82 Å². The van der Waals surface area contributed by atoms with E-state index in [1.54, 1.807) is 10.9 Å². The monoisotopic (exact) mass is 455 g/mol. The van der Waals surface area contributed by atoms with Crippen molar-refractivity contribution >= 4 is 24.8 Å². The summed E-state index contributed by atoms with van der Waals surface area (Å²) in [4.78, 5) is 25.2. The van der Waals surface area contributed by atoms with Crippen LogP contribution in [0.15, 0.2) is 12.7 Å². The minimum atomic E-state index is -4.19. The van der Waals surface area contributed by atoms with Crippen LogP contribution in [0.5, 0.6) is 0 Å². The first kappa shape index (κ1) is 22.6. The number of phosphoric acid groups is 1. The number of unbranched alkanes of at least 4 members (excludes halogenated alkanes) is 3. The second kappa shape index (κ2) is 9.48. The number of anilines is 1. The van der Waals surface area contributed by atoms with Gasteiger partial charge in [0.05, 0.1) is 12.9 Å². The van der Waals surface area contributed by atoms with Gasteiger partial charge in [-0.1, -0.05) is 33.1 Å². The van der Waals surface area contributed by atoms with Gasteiger partial charge in [0.15, 0.2) is 23.2 Å². The van der Waals surface area contributed by atoms with Crippen LogP contribution in [-0.4, -0.2) is 67.5 Å². The minimum Gasteiger partial charge on any atom is -0.386 e. The highest BCUT2D eigenvalue weighted by Crippen LogP contribution is 2.52. The van der Waals surface area contributed by atoms with Crippen LogP contribution in [-0.2, 0) is 18.3 Å². The van der Waals surface area contributed by atoms with E-state index in [4.69, 9.17) is 13.8 Å². The van der Waals surface area contributed by atoms with Gasteiger partial charge in [0.1, 0.15) is 24.6 Å². The van der Waals surface area contributed by atoms with Gasteiger partial charge in [-0.25, -0.2) is 19.5 Å². The van der Waals surface area contributed by atoms with Crippen molar-refractivity contribution in [3.05, 3.63) is 12.7 Å². The third-order valence-corrected chi connectivity index (χ3v) is 6.68. The summed E-state index contributed by atoms with van der Waals surface area (Å²) in [6, 6.07) is 0. The number of aromatic nitrogens is 4. The molecule has 0 spiro atoms. The molecule has 4 heterocycles. The maximum Gasteiger partial charge on any atom is 0.472 e. The fourth-order valence-electron chi connectivity index (χ4n) is 4.05. The highest BCUT2D eigenvalue weighted by Gasteiger charge is 2.52. The first-order valence-electron chi connectivity index (χ1n) is 10.9. The minimum absolute atomic E-state index is 0.138. The summed E-state index contributed by atoms with van der Waals surface area (Å²) < 4.78 is 29.1. The average molecular weight is 455 g/mol. The van der Waals surface area contributed by atoms with Crippen LogP contribution in [0.1, 0.15) is 52.2 Å². The molecule has 2 aliphatic heterocycles. The Balaban J connectivity index is 1.62. The van der Waals surface area contributed by atoms with Gasteiger partial charge in [-0.05, 0) is 12.8 Å². The van der Waals surface area contributed by atoms with E-state index in [0.29, 0.717) is 11.2 Å². The van der Waals surface area contributed by atoms with Gasteiger partial charge in [0.2, 0.25) is 0 Å². The number of aliphatic hydroxyl groups is 1. The summed E-state index contributed by atoms with van der Waals surface area (Å²) in [7, 11) is -4.19. The average Bonchev–Trinajstić information content (AvgIpc) is 3.31. The maximum atomic E-state index is 11.7. The van der Waals surface area contributed by atoms with Gasteiger partial charge < -0.3 is 19.6 Å². The third-order valence-electron chi connectivity index (χ3n) is 5.69. The van der Waals surface area contributed by atoms with E-state index in [0.717, 1.165) is 51.0 Å². The molecule has 0 aromatic carbocycles. The maximum absolute atomic E-state index is 11.7. The number of nitrogens with zero attached hydrogens (tertiary/aromatic N) is 5. The summed E-state index contributed by atoms with van der Waals surface area (Å²) in [6.07, 6.45) is 4.85. The fraction of sp³-hybridized carbons (Fsp3) is 0.737. The molecule has 2 saturated heterocycles. The fourth-order valence-corrected chi connectivity index (χ4v) is 5.01. The Morgan fingerprint density at radius 1 is 1.19 bits per heavy atom. The smallest absolute Gasteiger partial charge is 0.386 e. The predicted molar refractivity (Wildman–Crippen MR) is 113 cm³/mol.